The molecule has 3 aromatic heterocycles. The molecule has 0 bridgehead atoms. The molecule has 0 aromatic carbocycles. The van der Waals surface area contributed by atoms with Gasteiger partial charge in [0.15, 0.2) is 10.8 Å². The number of hydrogen-bond acceptors (Lipinski definition) is 9. The first-order chi connectivity index (χ1) is 10.7. The highest BCUT2D eigenvalue weighted by molar-refractivity contribution is 7.13. The van der Waals surface area contributed by atoms with Gasteiger partial charge in [-0.3, -0.25) is 10.1 Å². The van der Waals surface area contributed by atoms with Gasteiger partial charge in [0.1, 0.15) is 5.69 Å². The third kappa shape index (κ3) is 4.18. The van der Waals surface area contributed by atoms with Crippen molar-refractivity contribution in [2.45, 2.75) is 0 Å². The van der Waals surface area contributed by atoms with Crippen molar-refractivity contribution in [3.63, 3.8) is 0 Å². The zero-order valence-electron chi connectivity index (χ0n) is 11.3. The number of hydrogen-bond donors (Lipinski definition) is 4. The van der Waals surface area contributed by atoms with Crippen molar-refractivity contribution >= 4 is 23.2 Å². The highest BCUT2D eigenvalue weighted by atomic mass is 32.1. The average molecular weight is 323 g/mol. The predicted molar refractivity (Wildman–Crippen MR) is 78.1 cm³/mol. The number of anilines is 1. The number of carbonyl (C=O) groups excluding carboxylic acids is 1. The largest absolute Gasteiger partial charge is 0.462 e. The maximum atomic E-state index is 11.8. The van der Waals surface area contributed by atoms with Crippen LogP contribution in [0.2, 0.25) is 0 Å². The lowest BCUT2D eigenvalue weighted by Gasteiger charge is -1.94. The van der Waals surface area contributed by atoms with Crippen molar-refractivity contribution in [2.24, 2.45) is 5.73 Å². The first-order valence-corrected chi connectivity index (χ1v) is 6.97. The van der Waals surface area contributed by atoms with Gasteiger partial charge in [-0.25, -0.2) is 4.98 Å². The van der Waals surface area contributed by atoms with Crippen molar-refractivity contribution in [3.05, 3.63) is 29.5 Å². The molecule has 3 heterocycles. The van der Waals surface area contributed by atoms with Crippen molar-refractivity contribution in [1.82, 2.24) is 25.6 Å². The number of aliphatic hydroxyl groups is 1. The predicted octanol–water partition coefficient (Wildman–Crippen LogP) is 0.106. The number of tetrazole rings is 1. The topological polar surface area (TPSA) is 156 Å². The van der Waals surface area contributed by atoms with E-state index in [1.54, 1.807) is 23.8 Å². The van der Waals surface area contributed by atoms with Gasteiger partial charge in [0.2, 0.25) is 0 Å². The number of H-pyrrole nitrogens is 1. The zero-order chi connectivity index (χ0) is 15.8. The van der Waals surface area contributed by atoms with E-state index in [1.807, 2.05) is 0 Å². The SMILES string of the molecule is NCCO.O=C(Nc1nn[nH]n1)c1csc(-c2ccco2)n1. The van der Waals surface area contributed by atoms with E-state index in [0.29, 0.717) is 17.3 Å². The number of nitrogens with two attached hydrogens (primary N) is 1. The van der Waals surface area contributed by atoms with E-state index in [0.717, 1.165) is 0 Å². The van der Waals surface area contributed by atoms with E-state index in [9.17, 15) is 4.79 Å². The van der Waals surface area contributed by atoms with Gasteiger partial charge in [0.25, 0.3) is 11.9 Å². The fourth-order valence-corrected chi connectivity index (χ4v) is 2.04. The van der Waals surface area contributed by atoms with Crippen LogP contribution in [0.5, 0.6) is 0 Å². The van der Waals surface area contributed by atoms with Gasteiger partial charge in [-0.1, -0.05) is 5.10 Å². The van der Waals surface area contributed by atoms with Crippen LogP contribution in [0.3, 0.4) is 0 Å². The molecule has 0 fully saturated rings. The summed E-state index contributed by atoms with van der Waals surface area (Å²) in [6.07, 6.45) is 1.55. The number of nitrogens with zero attached hydrogens (tertiary/aromatic N) is 4. The van der Waals surface area contributed by atoms with E-state index >= 15 is 0 Å². The molecule has 5 N–H and O–H groups in total. The Morgan fingerprint density at radius 1 is 1.55 bits per heavy atom. The molecule has 11 heteroatoms. The summed E-state index contributed by atoms with van der Waals surface area (Å²) in [6, 6.07) is 3.54. The Morgan fingerprint density at radius 3 is 2.95 bits per heavy atom. The number of furan rings is 1. The van der Waals surface area contributed by atoms with Gasteiger partial charge in [0.05, 0.1) is 12.9 Å². The molecule has 3 aromatic rings. The molecule has 22 heavy (non-hydrogen) atoms. The number of carbonyl (C=O) groups is 1. The Morgan fingerprint density at radius 2 is 2.36 bits per heavy atom. The van der Waals surface area contributed by atoms with Gasteiger partial charge in [-0.05, 0) is 17.3 Å². The van der Waals surface area contributed by atoms with E-state index in [-0.39, 0.29) is 18.2 Å². The summed E-state index contributed by atoms with van der Waals surface area (Å²) in [7, 11) is 0. The fourth-order valence-electron chi connectivity index (χ4n) is 1.27. The Balaban J connectivity index is 0.000000396. The Hall–Kier alpha value is -2.63. The first kappa shape index (κ1) is 15.8. The zero-order valence-corrected chi connectivity index (χ0v) is 12.1. The lowest BCUT2D eigenvalue weighted by Crippen LogP contribution is -2.13. The quantitative estimate of drug-likeness (QED) is 0.527. The maximum Gasteiger partial charge on any atom is 0.277 e. The van der Waals surface area contributed by atoms with Crippen LogP contribution in [0.1, 0.15) is 10.5 Å². The van der Waals surface area contributed by atoms with Crippen LogP contribution in [0.15, 0.2) is 28.2 Å². The van der Waals surface area contributed by atoms with E-state index in [1.165, 1.54) is 11.3 Å². The van der Waals surface area contributed by atoms with Crippen molar-refractivity contribution in [3.8, 4) is 10.8 Å². The summed E-state index contributed by atoms with van der Waals surface area (Å²) in [5.74, 6) is 0.330. The third-order valence-corrected chi connectivity index (χ3v) is 3.03. The standard InChI is InChI=1S/C9H6N6O2S.C2H7NO/c16-7(11-9-12-14-15-13-9)5-4-18-8(10-5)6-2-1-3-17-6;3-1-2-4/h1-4H,(H2,11,12,13,14,15,16);4H,1-3H2. The summed E-state index contributed by atoms with van der Waals surface area (Å²) in [4.78, 5) is 15.9. The minimum atomic E-state index is -0.398. The molecular formula is C11H13N7O3S. The van der Waals surface area contributed by atoms with Gasteiger partial charge >= 0.3 is 0 Å². The molecular weight excluding hydrogens is 310 g/mol. The molecule has 0 spiro atoms. The van der Waals surface area contributed by atoms with E-state index in [4.69, 9.17) is 15.3 Å². The molecule has 0 radical (unpaired) electrons. The number of aromatic nitrogens is 5. The Bertz CT molecular complexity index is 678. The molecule has 0 aliphatic heterocycles. The third-order valence-electron chi connectivity index (χ3n) is 2.17. The fraction of sp³-hybridized carbons (Fsp3) is 0.182. The number of aliphatic hydroxyl groups excluding tert-OH is 1. The Labute approximate surface area is 128 Å². The van der Waals surface area contributed by atoms with Crippen LogP contribution in [0.25, 0.3) is 10.8 Å². The van der Waals surface area contributed by atoms with Gasteiger partial charge in [-0.15, -0.1) is 16.4 Å². The lowest BCUT2D eigenvalue weighted by atomic mass is 10.4. The van der Waals surface area contributed by atoms with Crippen LogP contribution >= 0.6 is 11.3 Å². The number of aromatic amines is 1. The smallest absolute Gasteiger partial charge is 0.277 e. The molecule has 0 unspecified atom stereocenters. The van der Waals surface area contributed by atoms with Crippen molar-refractivity contribution in [2.75, 3.05) is 18.5 Å². The summed E-state index contributed by atoms with van der Waals surface area (Å²) < 4.78 is 5.20. The van der Waals surface area contributed by atoms with Crippen LogP contribution in [0.4, 0.5) is 5.95 Å². The highest BCUT2D eigenvalue weighted by Gasteiger charge is 2.14. The first-order valence-electron chi connectivity index (χ1n) is 6.09. The van der Waals surface area contributed by atoms with Crippen LogP contribution in [-0.4, -0.2) is 49.8 Å². The molecule has 0 aliphatic rings. The monoisotopic (exact) mass is 323 g/mol. The summed E-state index contributed by atoms with van der Waals surface area (Å²) >= 11 is 1.32. The van der Waals surface area contributed by atoms with E-state index < -0.39 is 5.91 Å². The van der Waals surface area contributed by atoms with Gasteiger partial charge in [-0.2, -0.15) is 5.21 Å². The second-order valence-electron chi connectivity index (χ2n) is 3.72. The van der Waals surface area contributed by atoms with Crippen LogP contribution in [0, 0.1) is 0 Å². The Kier molecular flexibility index (Phi) is 5.71. The van der Waals surface area contributed by atoms with Crippen molar-refractivity contribution < 1.29 is 14.3 Å². The number of nitrogens with one attached hydrogen (secondary N) is 2. The second kappa shape index (κ2) is 7.97. The minimum absolute atomic E-state index is 0.0972. The number of thiazole rings is 1. The van der Waals surface area contributed by atoms with Gasteiger partial charge in [0, 0.05) is 11.9 Å². The molecule has 3 rings (SSSR count). The van der Waals surface area contributed by atoms with Crippen LogP contribution in [-0.2, 0) is 0 Å². The summed E-state index contributed by atoms with van der Waals surface area (Å²) in [5, 5.41) is 25.3. The minimum Gasteiger partial charge on any atom is -0.462 e. The molecule has 0 aliphatic carbocycles. The lowest BCUT2D eigenvalue weighted by molar-refractivity contribution is 0.102. The molecule has 116 valence electrons. The van der Waals surface area contributed by atoms with Crippen LogP contribution < -0.4 is 11.1 Å². The molecule has 10 nitrogen and oxygen atoms in total. The number of amides is 1. The maximum absolute atomic E-state index is 11.8. The van der Waals surface area contributed by atoms with Gasteiger partial charge < -0.3 is 15.3 Å². The molecule has 0 atom stereocenters. The second-order valence-corrected chi connectivity index (χ2v) is 4.58. The highest BCUT2D eigenvalue weighted by Crippen LogP contribution is 2.24. The van der Waals surface area contributed by atoms with Crippen molar-refractivity contribution in [1.29, 1.82) is 0 Å². The number of rotatable bonds is 4. The molecule has 1 amide bonds. The van der Waals surface area contributed by atoms with E-state index in [2.05, 4.69) is 30.9 Å². The average Bonchev–Trinajstić information content (AvgIpc) is 3.27. The molecule has 0 saturated heterocycles. The summed E-state index contributed by atoms with van der Waals surface area (Å²) in [6.45, 7) is 0.472. The molecule has 0 saturated carbocycles. The normalized spacial score (nSPS) is 9.91. The summed E-state index contributed by atoms with van der Waals surface area (Å²) in [5.41, 5.74) is 5.05.